The number of piperidine rings is 1. The van der Waals surface area contributed by atoms with Gasteiger partial charge in [-0.3, -0.25) is 9.69 Å². The van der Waals surface area contributed by atoms with Crippen LogP contribution in [0.2, 0.25) is 0 Å². The minimum Gasteiger partial charge on any atom is -0.384 e. The predicted molar refractivity (Wildman–Crippen MR) is 93.2 cm³/mol. The normalized spacial score (nSPS) is 18.1. The zero-order valence-electron chi connectivity index (χ0n) is 14.7. The number of rotatable bonds is 7. The van der Waals surface area contributed by atoms with Crippen LogP contribution in [0.5, 0.6) is 0 Å². The van der Waals surface area contributed by atoms with E-state index in [0.29, 0.717) is 31.3 Å². The van der Waals surface area contributed by atoms with Crippen LogP contribution >= 0.6 is 0 Å². The fourth-order valence-electron chi connectivity index (χ4n) is 3.10. The summed E-state index contributed by atoms with van der Waals surface area (Å²) in [4.78, 5) is 21.1. The predicted octanol–water partition coefficient (Wildman–Crippen LogP) is 1.89. The van der Waals surface area contributed by atoms with Crippen LogP contribution < -0.4 is 4.90 Å². The molecule has 1 aromatic heterocycles. The van der Waals surface area contributed by atoms with Crippen LogP contribution in [0.1, 0.15) is 24.6 Å². The average Bonchev–Trinajstić information content (AvgIpc) is 3.08. The van der Waals surface area contributed by atoms with Gasteiger partial charge in [-0.2, -0.15) is 4.98 Å². The topological polar surface area (TPSA) is 71.7 Å². The second-order valence-electron chi connectivity index (χ2n) is 6.25. The molecule has 134 valence electrons. The summed E-state index contributed by atoms with van der Waals surface area (Å²) in [5.74, 6) is 1.28. The number of carbonyl (C=O) groups is 1. The first-order chi connectivity index (χ1) is 12.2. The Morgan fingerprint density at radius 2 is 2.16 bits per heavy atom. The molecule has 0 bridgehead atoms. The van der Waals surface area contributed by atoms with Crippen LogP contribution in [0.4, 0.5) is 5.69 Å². The Balaban J connectivity index is 1.64. The fourth-order valence-corrected chi connectivity index (χ4v) is 3.10. The number of methoxy groups -OCH3 is 1. The van der Waals surface area contributed by atoms with Crippen molar-refractivity contribution in [2.45, 2.75) is 31.8 Å². The van der Waals surface area contributed by atoms with Crippen LogP contribution in [-0.2, 0) is 22.5 Å². The van der Waals surface area contributed by atoms with E-state index >= 15 is 0 Å². The van der Waals surface area contributed by atoms with Gasteiger partial charge < -0.3 is 14.2 Å². The highest BCUT2D eigenvalue weighted by Crippen LogP contribution is 2.23. The molecule has 2 aromatic rings. The average molecular weight is 344 g/mol. The summed E-state index contributed by atoms with van der Waals surface area (Å²) in [6.07, 6.45) is 2.43. The lowest BCUT2D eigenvalue weighted by Gasteiger charge is -2.36. The molecule has 25 heavy (non-hydrogen) atoms. The van der Waals surface area contributed by atoms with Crippen LogP contribution in [0.25, 0.3) is 0 Å². The monoisotopic (exact) mass is 344 g/mol. The van der Waals surface area contributed by atoms with Gasteiger partial charge in [-0.25, -0.2) is 0 Å². The summed E-state index contributed by atoms with van der Waals surface area (Å²) >= 11 is 0. The highest BCUT2D eigenvalue weighted by molar-refractivity contribution is 5.97. The maximum Gasteiger partial charge on any atom is 0.244 e. The van der Waals surface area contributed by atoms with E-state index in [1.807, 2.05) is 47.2 Å². The lowest BCUT2D eigenvalue weighted by Crippen LogP contribution is -2.51. The minimum atomic E-state index is -0.178. The van der Waals surface area contributed by atoms with E-state index in [4.69, 9.17) is 9.26 Å². The molecule has 7 nitrogen and oxygen atoms in total. The van der Waals surface area contributed by atoms with Crippen LogP contribution in [0, 0.1) is 0 Å². The number of likely N-dealkylation sites (N-methyl/N-ethyl adjacent to an activating group) is 1. The number of carbonyl (C=O) groups excluding carboxylic acids is 1. The first kappa shape index (κ1) is 17.6. The second-order valence-corrected chi connectivity index (χ2v) is 6.25. The van der Waals surface area contributed by atoms with Crippen molar-refractivity contribution in [1.82, 2.24) is 15.0 Å². The summed E-state index contributed by atoms with van der Waals surface area (Å²) in [5, 5.41) is 3.95. The van der Waals surface area contributed by atoms with Gasteiger partial charge in [0.25, 0.3) is 0 Å². The van der Waals surface area contributed by atoms with E-state index < -0.39 is 0 Å². The summed E-state index contributed by atoms with van der Waals surface area (Å²) < 4.78 is 10.3. The molecule has 0 N–H and O–H groups in total. The van der Waals surface area contributed by atoms with Gasteiger partial charge in [-0.15, -0.1) is 0 Å². The molecule has 0 radical (unpaired) electrons. The van der Waals surface area contributed by atoms with Gasteiger partial charge in [-0.1, -0.05) is 23.4 Å². The van der Waals surface area contributed by atoms with Crippen LogP contribution in [0.3, 0.4) is 0 Å². The Bertz CT molecular complexity index is 689. The van der Waals surface area contributed by atoms with Crippen molar-refractivity contribution >= 4 is 11.6 Å². The minimum absolute atomic E-state index is 0.124. The maximum absolute atomic E-state index is 12.9. The first-order valence-electron chi connectivity index (χ1n) is 8.56. The number of anilines is 1. The number of nitrogens with zero attached hydrogens (tertiary/aromatic N) is 4. The summed E-state index contributed by atoms with van der Waals surface area (Å²) in [6, 6.07) is 9.63. The quantitative estimate of drug-likeness (QED) is 0.764. The maximum atomic E-state index is 12.9. The number of benzene rings is 1. The summed E-state index contributed by atoms with van der Waals surface area (Å²) in [6.45, 7) is 1.77. The molecule has 1 aliphatic rings. The third-order valence-electron chi connectivity index (χ3n) is 4.43. The molecule has 1 saturated heterocycles. The molecule has 1 amide bonds. The lowest BCUT2D eigenvalue weighted by molar-refractivity contribution is -0.125. The second kappa shape index (κ2) is 8.22. The standard InChI is InChI=1S/C18H24N4O3/c1-21(13-17-19-16(20-25-17)10-12-24-2)15-9-6-11-22(18(15)23)14-7-4-3-5-8-14/h3-5,7-8,15H,6,9-13H2,1-2H3. The fraction of sp³-hybridized carbons (Fsp3) is 0.500. The summed E-state index contributed by atoms with van der Waals surface area (Å²) in [5.41, 5.74) is 0.949. The Hall–Kier alpha value is -2.25. The highest BCUT2D eigenvalue weighted by Gasteiger charge is 2.33. The zero-order chi connectivity index (χ0) is 17.6. The largest absolute Gasteiger partial charge is 0.384 e. The Kier molecular flexibility index (Phi) is 5.78. The molecule has 2 heterocycles. The van der Waals surface area contributed by atoms with Crippen molar-refractivity contribution in [3.8, 4) is 0 Å². The Labute approximate surface area is 147 Å². The van der Waals surface area contributed by atoms with Gasteiger partial charge in [-0.05, 0) is 32.0 Å². The van der Waals surface area contributed by atoms with Gasteiger partial charge in [0, 0.05) is 25.8 Å². The molecule has 1 unspecified atom stereocenters. The van der Waals surface area contributed by atoms with Gasteiger partial charge in [0.15, 0.2) is 5.82 Å². The molecule has 0 saturated carbocycles. The SMILES string of the molecule is COCCc1noc(CN(C)C2CCCN(c3ccccc3)C2=O)n1. The van der Waals surface area contributed by atoms with Crippen LogP contribution in [-0.4, -0.2) is 54.3 Å². The molecule has 1 aromatic carbocycles. The van der Waals surface area contributed by atoms with Gasteiger partial charge in [0.1, 0.15) is 0 Å². The third kappa shape index (κ3) is 4.24. The number of hydrogen-bond donors (Lipinski definition) is 0. The molecular weight excluding hydrogens is 320 g/mol. The number of ether oxygens (including phenoxy) is 1. The number of hydrogen-bond acceptors (Lipinski definition) is 6. The van der Waals surface area contributed by atoms with E-state index in [-0.39, 0.29) is 11.9 Å². The number of para-hydroxylation sites is 1. The van der Waals surface area contributed by atoms with Crippen molar-refractivity contribution in [1.29, 1.82) is 0 Å². The number of amides is 1. The van der Waals surface area contributed by atoms with Crippen LogP contribution in [0.15, 0.2) is 34.9 Å². The summed E-state index contributed by atoms with van der Waals surface area (Å²) in [7, 11) is 3.57. The van der Waals surface area contributed by atoms with E-state index in [2.05, 4.69) is 10.1 Å². The van der Waals surface area contributed by atoms with E-state index in [1.54, 1.807) is 7.11 Å². The molecule has 1 fully saturated rings. The van der Waals surface area contributed by atoms with E-state index in [0.717, 1.165) is 25.1 Å². The van der Waals surface area contributed by atoms with Crippen molar-refractivity contribution in [2.75, 3.05) is 32.2 Å². The van der Waals surface area contributed by atoms with Gasteiger partial charge in [0.2, 0.25) is 11.8 Å². The first-order valence-corrected chi connectivity index (χ1v) is 8.56. The molecular formula is C18H24N4O3. The van der Waals surface area contributed by atoms with Crippen molar-refractivity contribution in [2.24, 2.45) is 0 Å². The molecule has 1 atom stereocenters. The highest BCUT2D eigenvalue weighted by atomic mass is 16.5. The third-order valence-corrected chi connectivity index (χ3v) is 4.43. The van der Waals surface area contributed by atoms with E-state index in [1.165, 1.54) is 0 Å². The van der Waals surface area contributed by atoms with E-state index in [9.17, 15) is 4.79 Å². The lowest BCUT2D eigenvalue weighted by atomic mass is 10.0. The zero-order valence-corrected chi connectivity index (χ0v) is 14.7. The Morgan fingerprint density at radius 3 is 2.92 bits per heavy atom. The van der Waals surface area contributed by atoms with Gasteiger partial charge in [0.05, 0.1) is 19.2 Å². The van der Waals surface area contributed by atoms with Crippen molar-refractivity contribution in [3.05, 3.63) is 42.0 Å². The molecule has 0 aliphatic carbocycles. The van der Waals surface area contributed by atoms with Gasteiger partial charge >= 0.3 is 0 Å². The molecule has 7 heteroatoms. The Morgan fingerprint density at radius 1 is 1.36 bits per heavy atom. The smallest absolute Gasteiger partial charge is 0.244 e. The van der Waals surface area contributed by atoms with Crippen molar-refractivity contribution in [3.63, 3.8) is 0 Å². The number of aromatic nitrogens is 2. The molecule has 0 spiro atoms. The molecule has 1 aliphatic heterocycles. The van der Waals surface area contributed by atoms with Crippen molar-refractivity contribution < 1.29 is 14.1 Å². The molecule has 3 rings (SSSR count).